The lowest BCUT2D eigenvalue weighted by Gasteiger charge is -2.42. The molecule has 10 nitrogen and oxygen atoms in total. The van der Waals surface area contributed by atoms with E-state index in [4.69, 9.17) is 9.57 Å². The van der Waals surface area contributed by atoms with Crippen molar-refractivity contribution in [3.63, 3.8) is 0 Å². The molecule has 27 heavy (non-hydrogen) atoms. The van der Waals surface area contributed by atoms with Crippen LogP contribution in [-0.2, 0) is 14.4 Å². The Hall–Kier alpha value is -2.24. The topological polar surface area (TPSA) is 149 Å². The monoisotopic (exact) mass is 383 g/mol. The van der Waals surface area contributed by atoms with Crippen LogP contribution in [0.2, 0.25) is 0 Å². The standard InChI is InChI=1S/C17H25N3O7/c1-2-6-12(22)19-13-15(24)14(23)11(9-21)26-16(13)20-27-17(25)18-10-7-4-3-5-8-10/h3-5,7-8,11,13-16,20-21,23-24H,2,6,9H2,1H3,(H,18,25)(H,19,22)/t11-,13-,14-,15-,16?/m1/s1. The number of carbonyl (C=O) groups excluding carboxylic acids is 2. The van der Waals surface area contributed by atoms with Crippen LogP contribution >= 0.6 is 0 Å². The van der Waals surface area contributed by atoms with Gasteiger partial charge in [0.05, 0.1) is 12.6 Å². The van der Waals surface area contributed by atoms with Crippen molar-refractivity contribution in [2.24, 2.45) is 0 Å². The third kappa shape index (κ3) is 5.88. The third-order valence-electron chi connectivity index (χ3n) is 4.02. The summed E-state index contributed by atoms with van der Waals surface area (Å²) in [5.74, 6) is -0.361. The molecule has 0 spiro atoms. The molecular weight excluding hydrogens is 358 g/mol. The van der Waals surface area contributed by atoms with Gasteiger partial charge in [-0.1, -0.05) is 25.1 Å². The van der Waals surface area contributed by atoms with Gasteiger partial charge in [0.1, 0.15) is 18.3 Å². The molecular formula is C17H25N3O7. The van der Waals surface area contributed by atoms with Gasteiger partial charge in [-0.15, -0.1) is 5.48 Å². The molecule has 0 aromatic heterocycles. The maximum Gasteiger partial charge on any atom is 0.430 e. The van der Waals surface area contributed by atoms with Gasteiger partial charge in [-0.2, -0.15) is 0 Å². The molecule has 1 fully saturated rings. The van der Waals surface area contributed by atoms with Gasteiger partial charge in [-0.25, -0.2) is 4.79 Å². The number of ether oxygens (including phenoxy) is 1. The first-order valence-corrected chi connectivity index (χ1v) is 8.66. The van der Waals surface area contributed by atoms with E-state index in [0.29, 0.717) is 12.1 Å². The predicted molar refractivity (Wildman–Crippen MR) is 94.3 cm³/mol. The molecule has 0 bridgehead atoms. The lowest BCUT2D eigenvalue weighted by molar-refractivity contribution is -0.221. The zero-order valence-electron chi connectivity index (χ0n) is 14.9. The molecule has 1 aliphatic rings. The first-order valence-electron chi connectivity index (χ1n) is 8.66. The minimum absolute atomic E-state index is 0.213. The van der Waals surface area contributed by atoms with Crippen LogP contribution in [0.15, 0.2) is 30.3 Å². The summed E-state index contributed by atoms with van der Waals surface area (Å²) in [5.41, 5.74) is 2.83. The van der Waals surface area contributed by atoms with Crippen molar-refractivity contribution in [1.82, 2.24) is 10.8 Å². The van der Waals surface area contributed by atoms with Crippen LogP contribution in [0.5, 0.6) is 0 Å². The number of para-hydroxylation sites is 1. The average molecular weight is 383 g/mol. The highest BCUT2D eigenvalue weighted by Gasteiger charge is 2.45. The maximum atomic E-state index is 11.9. The van der Waals surface area contributed by atoms with Crippen molar-refractivity contribution >= 4 is 17.7 Å². The average Bonchev–Trinajstić information content (AvgIpc) is 2.66. The van der Waals surface area contributed by atoms with E-state index in [1.165, 1.54) is 0 Å². The van der Waals surface area contributed by atoms with Gasteiger partial charge < -0.3 is 30.2 Å². The molecule has 0 radical (unpaired) electrons. The number of aliphatic hydroxyl groups excluding tert-OH is 3. The van der Waals surface area contributed by atoms with Crippen molar-refractivity contribution in [2.45, 2.75) is 50.3 Å². The summed E-state index contributed by atoms with van der Waals surface area (Å²) < 4.78 is 5.42. The summed E-state index contributed by atoms with van der Waals surface area (Å²) in [6, 6.07) is 7.48. The second-order valence-corrected chi connectivity index (χ2v) is 6.10. The first kappa shape index (κ1) is 21.1. The Kier molecular flexibility index (Phi) is 7.95. The van der Waals surface area contributed by atoms with Crippen molar-refractivity contribution in [1.29, 1.82) is 0 Å². The SMILES string of the molecule is CCCC(=O)N[C@H]1C(NOC(=O)Nc2ccccc2)O[C@H](CO)[C@@H](O)[C@@H]1O. The number of hydroxylamine groups is 1. The van der Waals surface area contributed by atoms with E-state index < -0.39 is 43.3 Å². The number of aliphatic hydroxyl groups is 3. The Labute approximate surface area is 156 Å². The molecule has 1 heterocycles. The Morgan fingerprint density at radius 2 is 1.89 bits per heavy atom. The van der Waals surface area contributed by atoms with Gasteiger partial charge in [0.2, 0.25) is 5.91 Å². The van der Waals surface area contributed by atoms with Gasteiger partial charge in [0, 0.05) is 12.1 Å². The van der Waals surface area contributed by atoms with Gasteiger partial charge in [-0.3, -0.25) is 10.1 Å². The summed E-state index contributed by atoms with van der Waals surface area (Å²) in [4.78, 5) is 28.6. The molecule has 1 unspecified atom stereocenters. The highest BCUT2D eigenvalue weighted by atomic mass is 16.7. The highest BCUT2D eigenvalue weighted by molar-refractivity contribution is 5.84. The second-order valence-electron chi connectivity index (χ2n) is 6.10. The Morgan fingerprint density at radius 3 is 2.52 bits per heavy atom. The fourth-order valence-electron chi connectivity index (χ4n) is 2.64. The molecule has 6 N–H and O–H groups in total. The van der Waals surface area contributed by atoms with Crippen molar-refractivity contribution in [2.75, 3.05) is 11.9 Å². The Bertz CT molecular complexity index is 616. The quantitative estimate of drug-likeness (QED) is 0.344. The van der Waals surface area contributed by atoms with Crippen LogP contribution in [0.4, 0.5) is 10.5 Å². The van der Waals surface area contributed by atoms with E-state index in [9.17, 15) is 24.9 Å². The number of carbonyl (C=O) groups is 2. The number of hydrogen-bond donors (Lipinski definition) is 6. The van der Waals surface area contributed by atoms with E-state index in [-0.39, 0.29) is 12.3 Å². The molecule has 10 heteroatoms. The van der Waals surface area contributed by atoms with Crippen LogP contribution in [-0.4, -0.2) is 64.5 Å². The molecule has 150 valence electrons. The highest BCUT2D eigenvalue weighted by Crippen LogP contribution is 2.20. The normalized spacial score (nSPS) is 27.6. The first-order chi connectivity index (χ1) is 13.0. The van der Waals surface area contributed by atoms with Crippen molar-refractivity contribution < 1.29 is 34.5 Å². The van der Waals surface area contributed by atoms with E-state index in [1.54, 1.807) is 30.3 Å². The number of hydrogen-bond acceptors (Lipinski definition) is 8. The van der Waals surface area contributed by atoms with E-state index in [0.717, 1.165) is 0 Å². The molecule has 1 aliphatic heterocycles. The van der Waals surface area contributed by atoms with Gasteiger partial charge in [0.25, 0.3) is 0 Å². The zero-order chi connectivity index (χ0) is 19.8. The summed E-state index contributed by atoms with van der Waals surface area (Å²) in [7, 11) is 0. The molecule has 5 atom stereocenters. The maximum absolute atomic E-state index is 11.9. The molecule has 1 aromatic carbocycles. The lowest BCUT2D eigenvalue weighted by Crippen LogP contribution is -2.67. The summed E-state index contributed by atoms with van der Waals surface area (Å²) >= 11 is 0. The number of benzene rings is 1. The molecule has 0 aliphatic carbocycles. The second kappa shape index (κ2) is 10.2. The fraction of sp³-hybridized carbons (Fsp3) is 0.529. The zero-order valence-corrected chi connectivity index (χ0v) is 14.9. The molecule has 2 amide bonds. The van der Waals surface area contributed by atoms with Crippen molar-refractivity contribution in [3.8, 4) is 0 Å². The van der Waals surface area contributed by atoms with E-state index >= 15 is 0 Å². The number of nitrogens with one attached hydrogen (secondary N) is 3. The number of anilines is 1. The van der Waals surface area contributed by atoms with Crippen LogP contribution in [0, 0.1) is 0 Å². The minimum Gasteiger partial charge on any atom is -0.394 e. The summed E-state index contributed by atoms with van der Waals surface area (Å²) in [6.07, 6.45) is -5.19. The summed E-state index contributed by atoms with van der Waals surface area (Å²) in [5, 5.41) is 34.6. The van der Waals surface area contributed by atoms with E-state index in [1.807, 2.05) is 6.92 Å². The van der Waals surface area contributed by atoms with Crippen LogP contribution in [0.3, 0.4) is 0 Å². The van der Waals surface area contributed by atoms with E-state index in [2.05, 4.69) is 16.1 Å². The Balaban J connectivity index is 2.00. The predicted octanol–water partition coefficient (Wildman–Crippen LogP) is -0.536. The molecule has 2 rings (SSSR count). The van der Waals surface area contributed by atoms with Gasteiger partial charge in [0.15, 0.2) is 6.23 Å². The largest absolute Gasteiger partial charge is 0.430 e. The molecule has 0 saturated carbocycles. The van der Waals surface area contributed by atoms with Gasteiger partial charge in [-0.05, 0) is 18.6 Å². The van der Waals surface area contributed by atoms with Crippen molar-refractivity contribution in [3.05, 3.63) is 30.3 Å². The fourth-order valence-corrected chi connectivity index (χ4v) is 2.64. The van der Waals surface area contributed by atoms with Crippen LogP contribution in [0.25, 0.3) is 0 Å². The number of amides is 2. The minimum atomic E-state index is -1.44. The van der Waals surface area contributed by atoms with Crippen LogP contribution < -0.4 is 16.1 Å². The number of rotatable bonds is 7. The smallest absolute Gasteiger partial charge is 0.394 e. The van der Waals surface area contributed by atoms with Crippen LogP contribution in [0.1, 0.15) is 19.8 Å². The third-order valence-corrected chi connectivity index (χ3v) is 4.02. The lowest BCUT2D eigenvalue weighted by atomic mass is 9.96. The van der Waals surface area contributed by atoms with Gasteiger partial charge >= 0.3 is 6.09 Å². The Morgan fingerprint density at radius 1 is 1.19 bits per heavy atom. The molecule has 1 saturated heterocycles. The summed E-state index contributed by atoms with van der Waals surface area (Å²) in [6.45, 7) is 1.25. The molecule has 1 aromatic rings.